The zero-order valence-electron chi connectivity index (χ0n) is 14.9. The van der Waals surface area contributed by atoms with Gasteiger partial charge in [0.15, 0.2) is 0 Å². The summed E-state index contributed by atoms with van der Waals surface area (Å²) in [6.45, 7) is 0.437. The summed E-state index contributed by atoms with van der Waals surface area (Å²) in [6, 6.07) is 7.26. The van der Waals surface area contributed by atoms with Crippen LogP contribution in [0.3, 0.4) is 0 Å². The van der Waals surface area contributed by atoms with E-state index in [0.717, 1.165) is 32.1 Å². The lowest BCUT2D eigenvalue weighted by atomic mass is 9.88. The Morgan fingerprint density at radius 3 is 2.27 bits per heavy atom. The van der Waals surface area contributed by atoms with Gasteiger partial charge in [-0.3, -0.25) is 9.59 Å². The minimum absolute atomic E-state index is 0. The summed E-state index contributed by atoms with van der Waals surface area (Å²) in [6.07, 6.45) is 6.41. The first-order valence-electron chi connectivity index (χ1n) is 9.23. The van der Waals surface area contributed by atoms with Gasteiger partial charge in [0.05, 0.1) is 6.10 Å². The van der Waals surface area contributed by atoms with Crippen molar-refractivity contribution in [3.05, 3.63) is 24.3 Å². The maximum absolute atomic E-state index is 12.3. The number of anilines is 2. The number of carbonyl (C=O) groups excluding carboxylic acids is 2. The minimum atomic E-state index is -0.450. The van der Waals surface area contributed by atoms with Gasteiger partial charge in [0, 0.05) is 23.8 Å². The van der Waals surface area contributed by atoms with Crippen molar-refractivity contribution in [2.75, 3.05) is 17.2 Å². The molecule has 6 nitrogen and oxygen atoms in total. The molecular weight excluding hydrogens is 354 g/mol. The van der Waals surface area contributed by atoms with Gasteiger partial charge in [0.2, 0.25) is 5.91 Å². The molecule has 1 saturated heterocycles. The summed E-state index contributed by atoms with van der Waals surface area (Å²) in [5.41, 5.74) is 6.95. The minimum Gasteiger partial charge on any atom is -0.364 e. The molecule has 26 heavy (non-hydrogen) atoms. The van der Waals surface area contributed by atoms with Crippen LogP contribution >= 0.6 is 12.4 Å². The fraction of sp³-hybridized carbons (Fsp3) is 0.579. The lowest BCUT2D eigenvalue weighted by molar-refractivity contribution is -0.126. The molecule has 1 saturated carbocycles. The van der Waals surface area contributed by atoms with Crippen molar-refractivity contribution in [3.8, 4) is 0 Å². The van der Waals surface area contributed by atoms with Crippen LogP contribution < -0.4 is 16.4 Å². The van der Waals surface area contributed by atoms with Gasteiger partial charge in [-0.15, -0.1) is 12.4 Å². The van der Waals surface area contributed by atoms with Gasteiger partial charge < -0.3 is 21.1 Å². The average molecular weight is 382 g/mol. The van der Waals surface area contributed by atoms with Gasteiger partial charge >= 0.3 is 0 Å². The van der Waals surface area contributed by atoms with Gasteiger partial charge in [0.1, 0.15) is 6.10 Å². The van der Waals surface area contributed by atoms with E-state index in [2.05, 4.69) is 10.6 Å². The number of rotatable bonds is 5. The molecule has 3 rings (SSSR count). The number of hydrogen-bond acceptors (Lipinski definition) is 4. The predicted octanol–water partition coefficient (Wildman–Crippen LogP) is 3.07. The van der Waals surface area contributed by atoms with Crippen LogP contribution in [-0.2, 0) is 14.3 Å². The Balaban J connectivity index is 0.00000243. The van der Waals surface area contributed by atoms with Gasteiger partial charge in [-0.05, 0) is 43.9 Å². The fourth-order valence-electron chi connectivity index (χ4n) is 3.58. The van der Waals surface area contributed by atoms with Crippen LogP contribution in [0.4, 0.5) is 11.4 Å². The number of ether oxygens (including phenoxy) is 1. The number of nitrogens with one attached hydrogen (secondary N) is 2. The maximum atomic E-state index is 12.3. The van der Waals surface area contributed by atoms with Crippen molar-refractivity contribution < 1.29 is 14.3 Å². The molecule has 0 unspecified atom stereocenters. The van der Waals surface area contributed by atoms with E-state index in [9.17, 15) is 9.59 Å². The molecule has 2 aliphatic rings. The molecular formula is C19H28ClN3O3. The van der Waals surface area contributed by atoms with E-state index in [1.807, 2.05) is 18.2 Å². The summed E-state index contributed by atoms with van der Waals surface area (Å²) in [4.78, 5) is 24.6. The Labute approximate surface area is 160 Å². The Bertz CT molecular complexity index is 620. The van der Waals surface area contributed by atoms with Crippen LogP contribution in [0.25, 0.3) is 0 Å². The molecule has 1 heterocycles. The van der Waals surface area contributed by atoms with Crippen LogP contribution in [0.15, 0.2) is 24.3 Å². The van der Waals surface area contributed by atoms with E-state index >= 15 is 0 Å². The first-order valence-corrected chi connectivity index (χ1v) is 9.23. The lowest BCUT2D eigenvalue weighted by Crippen LogP contribution is -2.29. The van der Waals surface area contributed by atoms with Crippen LogP contribution in [0.2, 0.25) is 0 Å². The molecule has 1 aliphatic heterocycles. The highest BCUT2D eigenvalue weighted by Crippen LogP contribution is 2.26. The number of benzene rings is 1. The summed E-state index contributed by atoms with van der Waals surface area (Å²) < 4.78 is 5.61. The van der Waals surface area contributed by atoms with Crippen LogP contribution in [-0.4, -0.2) is 30.6 Å². The molecule has 0 bridgehead atoms. The third-order valence-electron chi connectivity index (χ3n) is 5.04. The molecule has 2 atom stereocenters. The molecule has 7 heteroatoms. The van der Waals surface area contributed by atoms with Crippen LogP contribution in [0, 0.1) is 5.92 Å². The summed E-state index contributed by atoms with van der Waals surface area (Å²) in [7, 11) is 0. The van der Waals surface area contributed by atoms with E-state index in [0.29, 0.717) is 24.3 Å². The number of halogens is 1. The number of nitrogens with two attached hydrogens (primary N) is 1. The third kappa shape index (κ3) is 5.43. The maximum Gasteiger partial charge on any atom is 0.253 e. The standard InChI is InChI=1S/C19H27N3O3.ClH/c20-12-16-9-10-17(25-16)19(24)22-15-8-4-7-14(11-15)21-18(23)13-5-2-1-3-6-13;/h4,7-8,11,13,16-17H,1-3,5-6,9-10,12,20H2,(H,21,23)(H,22,24);1H/t16-,17+;/m1./s1. The van der Waals surface area contributed by atoms with E-state index in [1.54, 1.807) is 6.07 Å². The van der Waals surface area contributed by atoms with Crippen LogP contribution in [0.1, 0.15) is 44.9 Å². The predicted molar refractivity (Wildman–Crippen MR) is 104 cm³/mol. The van der Waals surface area contributed by atoms with Crippen LogP contribution in [0.5, 0.6) is 0 Å². The zero-order chi connectivity index (χ0) is 17.6. The highest BCUT2D eigenvalue weighted by Gasteiger charge is 2.29. The first kappa shape index (κ1) is 20.7. The lowest BCUT2D eigenvalue weighted by Gasteiger charge is -2.21. The largest absolute Gasteiger partial charge is 0.364 e. The van der Waals surface area contributed by atoms with Gasteiger partial charge in [-0.1, -0.05) is 25.3 Å². The molecule has 1 aliphatic carbocycles. The van der Waals surface area contributed by atoms with E-state index < -0.39 is 6.10 Å². The highest BCUT2D eigenvalue weighted by atomic mass is 35.5. The molecule has 1 aromatic rings. The number of hydrogen-bond donors (Lipinski definition) is 3. The zero-order valence-corrected chi connectivity index (χ0v) is 15.7. The van der Waals surface area contributed by atoms with E-state index in [1.165, 1.54) is 6.42 Å². The SMILES string of the molecule is Cl.NC[C@H]1CC[C@@H](C(=O)Nc2cccc(NC(=O)C3CCCCC3)c2)O1. The summed E-state index contributed by atoms with van der Waals surface area (Å²) in [5, 5.41) is 5.84. The Kier molecular flexibility index (Phi) is 7.87. The average Bonchev–Trinajstić information content (AvgIpc) is 3.12. The Morgan fingerprint density at radius 2 is 1.65 bits per heavy atom. The normalized spacial score (nSPS) is 23.1. The molecule has 0 radical (unpaired) electrons. The van der Waals surface area contributed by atoms with Crippen molar-refractivity contribution >= 4 is 35.6 Å². The third-order valence-corrected chi connectivity index (χ3v) is 5.04. The molecule has 144 valence electrons. The smallest absolute Gasteiger partial charge is 0.253 e. The van der Waals surface area contributed by atoms with Crippen molar-refractivity contribution in [3.63, 3.8) is 0 Å². The molecule has 1 aromatic carbocycles. The fourth-order valence-corrected chi connectivity index (χ4v) is 3.58. The van der Waals surface area contributed by atoms with Crippen molar-refractivity contribution in [1.82, 2.24) is 0 Å². The second kappa shape index (κ2) is 9.90. The highest BCUT2D eigenvalue weighted by molar-refractivity contribution is 5.96. The molecule has 0 spiro atoms. The topological polar surface area (TPSA) is 93.5 Å². The molecule has 2 fully saturated rings. The van der Waals surface area contributed by atoms with Crippen molar-refractivity contribution in [2.24, 2.45) is 11.7 Å². The van der Waals surface area contributed by atoms with E-state index in [-0.39, 0.29) is 36.2 Å². The monoisotopic (exact) mass is 381 g/mol. The van der Waals surface area contributed by atoms with Gasteiger partial charge in [-0.25, -0.2) is 0 Å². The molecule has 0 aromatic heterocycles. The molecule has 4 N–H and O–H groups in total. The van der Waals surface area contributed by atoms with Crippen molar-refractivity contribution in [2.45, 2.75) is 57.2 Å². The first-order chi connectivity index (χ1) is 12.2. The number of amides is 2. The second-order valence-corrected chi connectivity index (χ2v) is 6.95. The summed E-state index contributed by atoms with van der Waals surface area (Å²) >= 11 is 0. The summed E-state index contributed by atoms with van der Waals surface area (Å²) in [5.74, 6) is 0.0203. The Morgan fingerprint density at radius 1 is 1.00 bits per heavy atom. The Hall–Kier alpha value is -1.63. The quantitative estimate of drug-likeness (QED) is 0.730. The van der Waals surface area contributed by atoms with E-state index in [4.69, 9.17) is 10.5 Å². The van der Waals surface area contributed by atoms with Crippen molar-refractivity contribution in [1.29, 1.82) is 0 Å². The second-order valence-electron chi connectivity index (χ2n) is 6.95. The number of carbonyl (C=O) groups is 2. The van der Waals surface area contributed by atoms with Gasteiger partial charge in [0.25, 0.3) is 5.91 Å². The molecule has 2 amide bonds. The van der Waals surface area contributed by atoms with Gasteiger partial charge in [-0.2, -0.15) is 0 Å².